The lowest BCUT2D eigenvalue weighted by Gasteiger charge is -2.15. The molecular weight excluding hydrogens is 789 g/mol. The van der Waals surface area contributed by atoms with E-state index in [0.29, 0.717) is 43.8 Å². The molecule has 0 spiro atoms. The van der Waals surface area contributed by atoms with Gasteiger partial charge in [0.25, 0.3) is 11.4 Å². The molecule has 14 heteroatoms. The van der Waals surface area contributed by atoms with Crippen molar-refractivity contribution in [3.8, 4) is 66.2 Å². The molecule has 0 saturated heterocycles. The third kappa shape index (κ3) is 5.41. The second-order valence-electron chi connectivity index (χ2n) is 13.9. The van der Waals surface area contributed by atoms with Crippen LogP contribution in [0.4, 0.5) is 0 Å². The molecule has 2 aliphatic heterocycles. The number of nitrogens with zero attached hydrogens (tertiary/aromatic N) is 4. The van der Waals surface area contributed by atoms with Gasteiger partial charge in [0.05, 0.1) is 22.4 Å². The summed E-state index contributed by atoms with van der Waals surface area (Å²) in [7, 11) is 0. The summed E-state index contributed by atoms with van der Waals surface area (Å²) in [5, 5.41) is 40.1. The van der Waals surface area contributed by atoms with Crippen molar-refractivity contribution in [1.29, 1.82) is 0 Å². The Labute approximate surface area is 341 Å². The van der Waals surface area contributed by atoms with Crippen molar-refractivity contribution in [3.63, 3.8) is 0 Å². The van der Waals surface area contributed by atoms with Gasteiger partial charge >= 0.3 is 29.7 Å². The number of carboxylic acid groups (broad SMARTS) is 4. The van der Waals surface area contributed by atoms with Crippen LogP contribution in [0.1, 0.15) is 45.6 Å². The second-order valence-corrected chi connectivity index (χ2v) is 16.1. The van der Waals surface area contributed by atoms with Gasteiger partial charge in [-0.1, -0.05) is 56.2 Å². The van der Waals surface area contributed by atoms with E-state index >= 15 is 0 Å². The largest absolute Gasteiger partial charge is 0.591 e. The predicted octanol–water partition coefficient (Wildman–Crippen LogP) is 7.24. The number of carbonyl (C=O) groups is 4. The van der Waals surface area contributed by atoms with E-state index in [2.05, 4.69) is 4.57 Å². The van der Waals surface area contributed by atoms with Crippen molar-refractivity contribution in [2.24, 2.45) is 0 Å². The summed E-state index contributed by atoms with van der Waals surface area (Å²) in [5.41, 5.74) is 7.16. The summed E-state index contributed by atoms with van der Waals surface area (Å²) in [6, 6.07) is 37.7. The molecule has 6 aromatic heterocycles. The zero-order valence-corrected chi connectivity index (χ0v) is 31.9. The molecule has 0 fully saturated rings. The van der Waals surface area contributed by atoms with Crippen molar-refractivity contribution >= 4 is 46.6 Å². The van der Waals surface area contributed by atoms with E-state index in [4.69, 9.17) is 4.98 Å². The van der Waals surface area contributed by atoms with Crippen LogP contribution in [-0.4, -0.2) is 49.3 Å². The van der Waals surface area contributed by atoms with Gasteiger partial charge in [0.15, 0.2) is 18.0 Å². The molecular formula is C45H27N4O8S2+3. The summed E-state index contributed by atoms with van der Waals surface area (Å²) < 4.78 is 6.01. The molecule has 4 N–H and O–H groups in total. The highest BCUT2D eigenvalue weighted by Crippen LogP contribution is 2.44. The van der Waals surface area contributed by atoms with Gasteiger partial charge in [-0.2, -0.15) is 0 Å². The van der Waals surface area contributed by atoms with Gasteiger partial charge in [-0.05, 0) is 54.1 Å². The van der Waals surface area contributed by atoms with Crippen LogP contribution in [-0.2, 0) is 5.79 Å². The minimum Gasteiger partial charge on any atom is -0.478 e. The van der Waals surface area contributed by atoms with E-state index in [-0.39, 0.29) is 20.9 Å². The van der Waals surface area contributed by atoms with Crippen LogP contribution in [0.5, 0.6) is 0 Å². The smallest absolute Gasteiger partial charge is 0.478 e. The van der Waals surface area contributed by atoms with E-state index < -0.39 is 29.7 Å². The highest BCUT2D eigenvalue weighted by atomic mass is 32.1. The van der Waals surface area contributed by atoms with Crippen molar-refractivity contribution in [1.82, 2.24) is 4.98 Å². The fourth-order valence-electron chi connectivity index (χ4n) is 8.15. The Morgan fingerprint density at radius 3 is 1.64 bits per heavy atom. The SMILES string of the molecule is O=C(O)c1cc[n+](C23c4ccccc4-c4cc(-c5ccc(C(=O)O)s5)cc([n+]42)-c2cc(C(=O)O)cc[n+]23)c(-c2cc(-c3ccc(C(=O)O)s3)cc(-c3ccccc3)n2)c1. The number of hydrogen-bond acceptors (Lipinski definition) is 7. The van der Waals surface area contributed by atoms with E-state index in [1.807, 2.05) is 88.0 Å². The molecule has 8 aromatic rings. The molecule has 8 heterocycles. The maximum atomic E-state index is 12.7. The number of benzene rings is 2. The van der Waals surface area contributed by atoms with E-state index in [1.165, 1.54) is 12.1 Å². The molecule has 0 radical (unpaired) electrons. The van der Waals surface area contributed by atoms with E-state index in [9.17, 15) is 39.6 Å². The minimum absolute atomic E-state index is 0.00569. The molecule has 59 heavy (non-hydrogen) atoms. The average Bonchev–Trinajstić information content (AvgIpc) is 4.06. The number of aromatic carboxylic acids is 4. The summed E-state index contributed by atoms with van der Waals surface area (Å²) in [4.78, 5) is 56.0. The molecule has 10 rings (SSSR count). The topological polar surface area (TPSA) is 174 Å². The molecule has 0 saturated carbocycles. The molecule has 2 aromatic carbocycles. The van der Waals surface area contributed by atoms with Crippen LogP contribution in [0.3, 0.4) is 0 Å². The highest BCUT2D eigenvalue weighted by Gasteiger charge is 2.76. The summed E-state index contributed by atoms with van der Waals surface area (Å²) in [6.07, 6.45) is 3.41. The van der Waals surface area contributed by atoms with Crippen molar-refractivity contribution in [3.05, 3.63) is 166 Å². The van der Waals surface area contributed by atoms with Crippen molar-refractivity contribution in [2.45, 2.75) is 5.79 Å². The first kappa shape index (κ1) is 35.7. The Bertz CT molecular complexity index is 3160. The standard InChI is InChI=1S/C45H24N4O8S2/c50-41(51)25-14-16-47(34(20-25)32-19-27(37-10-12-39(58-37)43(54)55)18-31(46-32)24-6-2-1-3-7-24)45-30-9-5-4-8-29(30)33-22-28(38-11-13-40(59-38)44(56)57)23-36(49(33)45)35-21-26(42(52)53)15-17-48(35)45/h1-23H,(H-3,50,51,52,53,54,55,56,57)/p+3. The van der Waals surface area contributed by atoms with Crippen LogP contribution in [0, 0.1) is 0 Å². The molecule has 284 valence electrons. The first-order valence-electron chi connectivity index (χ1n) is 18.1. The first-order valence-corrected chi connectivity index (χ1v) is 19.7. The summed E-state index contributed by atoms with van der Waals surface area (Å²) >= 11 is 2.25. The molecule has 0 amide bonds. The Kier molecular flexibility index (Phi) is 7.99. The fourth-order valence-corrected chi connectivity index (χ4v) is 9.82. The van der Waals surface area contributed by atoms with Crippen LogP contribution in [0.25, 0.3) is 66.2 Å². The maximum Gasteiger partial charge on any atom is 0.591 e. The predicted molar refractivity (Wildman–Crippen MR) is 215 cm³/mol. The third-order valence-corrected chi connectivity index (χ3v) is 12.9. The Morgan fingerprint density at radius 1 is 0.492 bits per heavy atom. The number of hydrogen-bond donors (Lipinski definition) is 4. The van der Waals surface area contributed by atoms with E-state index in [1.54, 1.807) is 48.8 Å². The number of thiophene rings is 2. The summed E-state index contributed by atoms with van der Waals surface area (Å²) in [6.45, 7) is 0. The number of rotatable bonds is 9. The lowest BCUT2D eigenvalue weighted by atomic mass is 9.99. The fraction of sp³-hybridized carbons (Fsp3) is 0.0222. The minimum atomic E-state index is -1.33. The Morgan fingerprint density at radius 2 is 1.03 bits per heavy atom. The zero-order valence-electron chi connectivity index (χ0n) is 30.3. The van der Waals surface area contributed by atoms with Gasteiger partial charge in [-0.3, -0.25) is 0 Å². The highest BCUT2D eigenvalue weighted by molar-refractivity contribution is 7.17. The average molecular weight is 816 g/mol. The van der Waals surface area contributed by atoms with Crippen molar-refractivity contribution < 1.29 is 53.3 Å². The van der Waals surface area contributed by atoms with Gasteiger partial charge < -0.3 is 20.4 Å². The molecule has 1 atom stereocenters. The third-order valence-electron chi connectivity index (χ3n) is 10.6. The van der Waals surface area contributed by atoms with Crippen LogP contribution < -0.4 is 13.7 Å². The molecule has 0 aliphatic carbocycles. The lowest BCUT2D eigenvalue weighted by molar-refractivity contribution is -1.13. The Balaban J connectivity index is 1.31. The van der Waals surface area contributed by atoms with Gasteiger partial charge in [0.2, 0.25) is 11.4 Å². The van der Waals surface area contributed by atoms with Gasteiger partial charge in [-0.15, -0.1) is 22.7 Å². The molecule has 12 nitrogen and oxygen atoms in total. The van der Waals surface area contributed by atoms with Crippen LogP contribution in [0.2, 0.25) is 0 Å². The quantitative estimate of drug-likeness (QED) is 0.110. The normalized spacial score (nSPS) is 14.4. The monoisotopic (exact) mass is 815 g/mol. The second kappa shape index (κ2) is 13.2. The molecule has 0 bridgehead atoms. The summed E-state index contributed by atoms with van der Waals surface area (Å²) in [5.74, 6) is -5.70. The van der Waals surface area contributed by atoms with E-state index in [0.717, 1.165) is 50.6 Å². The van der Waals surface area contributed by atoms with Crippen LogP contribution >= 0.6 is 22.7 Å². The lowest BCUT2D eigenvalue weighted by Crippen LogP contribution is -2.83. The maximum absolute atomic E-state index is 12.7. The zero-order chi connectivity index (χ0) is 40.7. The van der Waals surface area contributed by atoms with Crippen molar-refractivity contribution in [2.75, 3.05) is 0 Å². The Hall–Kier alpha value is -7.68. The number of fused-ring (bicyclic) bond motifs is 6. The number of pyridine rings is 4. The molecule has 2 aliphatic rings. The van der Waals surface area contributed by atoms with Crippen LogP contribution in [0.15, 0.2) is 140 Å². The first-order chi connectivity index (χ1) is 28.5. The van der Waals surface area contributed by atoms with Gasteiger partial charge in [0.1, 0.15) is 15.4 Å². The van der Waals surface area contributed by atoms with Gasteiger partial charge in [-0.25, -0.2) is 24.2 Å². The molecule has 1 unspecified atom stereocenters. The van der Waals surface area contributed by atoms with Gasteiger partial charge in [0, 0.05) is 57.3 Å². The number of aromatic nitrogens is 4. The number of carboxylic acids is 4.